The first-order valence-electron chi connectivity index (χ1n) is 5.59. The van der Waals surface area contributed by atoms with Crippen molar-refractivity contribution in [2.75, 3.05) is 12.8 Å². The van der Waals surface area contributed by atoms with Crippen LogP contribution in [0.1, 0.15) is 25.3 Å². The summed E-state index contributed by atoms with van der Waals surface area (Å²) in [5.74, 6) is 0.441. The predicted molar refractivity (Wildman–Crippen MR) is 63.5 cm³/mol. The van der Waals surface area contributed by atoms with Crippen LogP contribution in [-0.2, 0) is 4.79 Å². The first kappa shape index (κ1) is 12.3. The summed E-state index contributed by atoms with van der Waals surface area (Å²) in [5, 5.41) is 15.3. The van der Waals surface area contributed by atoms with Crippen LogP contribution < -0.4 is 11.1 Å². The second kappa shape index (κ2) is 5.46. The van der Waals surface area contributed by atoms with Gasteiger partial charge in [0.1, 0.15) is 0 Å². The number of carbonyl (C=O) groups excluding carboxylic acids is 1. The lowest BCUT2D eigenvalue weighted by atomic mass is 10.2. The average Bonchev–Trinajstić information content (AvgIpc) is 3.04. The van der Waals surface area contributed by atoms with Crippen LogP contribution in [0.4, 0.5) is 0 Å². The number of rotatable bonds is 7. The lowest BCUT2D eigenvalue weighted by Gasteiger charge is -2.10. The van der Waals surface area contributed by atoms with Gasteiger partial charge in [0.25, 0.3) is 0 Å². The van der Waals surface area contributed by atoms with Crippen molar-refractivity contribution in [2.45, 2.75) is 36.5 Å². The normalized spacial score (nSPS) is 17.0. The Morgan fingerprint density at radius 1 is 1.71 bits per heavy atom. The molecular formula is C9H16N6OS. The molecule has 17 heavy (non-hydrogen) atoms. The van der Waals surface area contributed by atoms with Crippen LogP contribution in [0.5, 0.6) is 0 Å². The van der Waals surface area contributed by atoms with Crippen LogP contribution in [0.15, 0.2) is 5.16 Å². The largest absolute Gasteiger partial charge is 0.368 e. The Balaban J connectivity index is 1.81. The van der Waals surface area contributed by atoms with Gasteiger partial charge >= 0.3 is 0 Å². The minimum Gasteiger partial charge on any atom is -0.368 e. The summed E-state index contributed by atoms with van der Waals surface area (Å²) in [5.41, 5.74) is 5.24. The van der Waals surface area contributed by atoms with Gasteiger partial charge < -0.3 is 11.1 Å². The van der Waals surface area contributed by atoms with E-state index in [1.54, 1.807) is 18.8 Å². The van der Waals surface area contributed by atoms with E-state index in [2.05, 4.69) is 20.8 Å². The van der Waals surface area contributed by atoms with E-state index in [4.69, 9.17) is 5.73 Å². The molecule has 1 aromatic heterocycles. The van der Waals surface area contributed by atoms with Gasteiger partial charge in [-0.25, -0.2) is 4.68 Å². The fourth-order valence-electron chi connectivity index (χ4n) is 1.53. The van der Waals surface area contributed by atoms with Crippen molar-refractivity contribution in [1.82, 2.24) is 25.5 Å². The molecule has 94 valence electrons. The van der Waals surface area contributed by atoms with Crippen molar-refractivity contribution in [3.8, 4) is 0 Å². The Hall–Kier alpha value is -1.15. The van der Waals surface area contributed by atoms with E-state index in [0.29, 0.717) is 12.5 Å². The van der Waals surface area contributed by atoms with E-state index in [0.717, 1.165) is 23.8 Å². The predicted octanol–water partition coefficient (Wildman–Crippen LogP) is -0.437. The number of nitrogens with one attached hydrogen (secondary N) is 1. The molecule has 0 aromatic carbocycles. The van der Waals surface area contributed by atoms with Crippen molar-refractivity contribution >= 4 is 17.7 Å². The number of amides is 1. The molecule has 3 N–H and O–H groups in total. The van der Waals surface area contributed by atoms with Crippen molar-refractivity contribution < 1.29 is 4.79 Å². The minimum absolute atomic E-state index is 0.284. The number of hydrogen-bond donors (Lipinski definition) is 2. The Labute approximate surface area is 104 Å². The number of nitrogens with zero attached hydrogens (tertiary/aromatic N) is 4. The van der Waals surface area contributed by atoms with Crippen molar-refractivity contribution in [2.24, 2.45) is 5.73 Å². The lowest BCUT2D eigenvalue weighted by molar-refractivity contribution is -0.119. The third-order valence-corrected chi connectivity index (χ3v) is 3.65. The molecule has 0 saturated heterocycles. The highest BCUT2D eigenvalue weighted by atomic mass is 32.2. The van der Waals surface area contributed by atoms with Gasteiger partial charge in [0.15, 0.2) is 0 Å². The number of nitrogens with two attached hydrogens (primary N) is 1. The first-order chi connectivity index (χ1) is 8.22. The van der Waals surface area contributed by atoms with Crippen LogP contribution in [0.2, 0.25) is 0 Å². The molecule has 0 bridgehead atoms. The lowest BCUT2D eigenvalue weighted by Crippen LogP contribution is -2.39. The highest BCUT2D eigenvalue weighted by molar-refractivity contribution is 7.99. The molecule has 0 aliphatic heterocycles. The number of carbonyl (C=O) groups is 1. The van der Waals surface area contributed by atoms with Gasteiger partial charge in [-0.2, -0.15) is 0 Å². The maximum absolute atomic E-state index is 11.0. The third kappa shape index (κ3) is 3.16. The number of primary amides is 1. The molecule has 1 unspecified atom stereocenters. The fourth-order valence-corrected chi connectivity index (χ4v) is 2.47. The third-order valence-electron chi connectivity index (χ3n) is 2.68. The summed E-state index contributed by atoms with van der Waals surface area (Å²) in [6.45, 7) is 0. The van der Waals surface area contributed by atoms with Crippen LogP contribution in [0, 0.1) is 0 Å². The molecule has 2 rings (SSSR count). The summed E-state index contributed by atoms with van der Waals surface area (Å²) < 4.78 is 1.86. The zero-order chi connectivity index (χ0) is 12.3. The molecule has 0 radical (unpaired) electrons. The van der Waals surface area contributed by atoms with Crippen LogP contribution in [0.25, 0.3) is 0 Å². The van der Waals surface area contributed by atoms with E-state index in [1.807, 2.05) is 4.68 Å². The van der Waals surface area contributed by atoms with Gasteiger partial charge in [0.2, 0.25) is 11.1 Å². The van der Waals surface area contributed by atoms with Crippen LogP contribution in [-0.4, -0.2) is 45.0 Å². The van der Waals surface area contributed by atoms with Crippen LogP contribution in [0.3, 0.4) is 0 Å². The van der Waals surface area contributed by atoms with E-state index < -0.39 is 0 Å². The molecule has 1 aliphatic rings. The van der Waals surface area contributed by atoms with E-state index >= 15 is 0 Å². The maximum atomic E-state index is 11.0. The first-order valence-corrected chi connectivity index (χ1v) is 6.58. The topological polar surface area (TPSA) is 98.7 Å². The summed E-state index contributed by atoms with van der Waals surface area (Å²) in [4.78, 5) is 11.0. The fraction of sp³-hybridized carbons (Fsp3) is 0.778. The van der Waals surface area contributed by atoms with Gasteiger partial charge in [0, 0.05) is 5.75 Å². The van der Waals surface area contributed by atoms with E-state index in [1.165, 1.54) is 0 Å². The number of aromatic nitrogens is 4. The second-order valence-corrected chi connectivity index (χ2v) is 5.08. The molecular weight excluding hydrogens is 240 g/mol. The standard InChI is InChI=1S/C9H16N6OS/c1-11-7(8(10)16)4-5-17-9-12-13-14-15(9)6-2-3-6/h6-7,11H,2-5H2,1H3,(H2,10,16). The van der Waals surface area contributed by atoms with Gasteiger partial charge in [-0.3, -0.25) is 4.79 Å². The quantitative estimate of drug-likeness (QED) is 0.642. The molecule has 1 aromatic rings. The Kier molecular flexibility index (Phi) is 3.95. The monoisotopic (exact) mass is 256 g/mol. The Bertz CT molecular complexity index is 391. The molecule has 1 atom stereocenters. The van der Waals surface area contributed by atoms with Crippen LogP contribution >= 0.6 is 11.8 Å². The van der Waals surface area contributed by atoms with Gasteiger partial charge in [0.05, 0.1) is 12.1 Å². The summed E-state index contributed by atoms with van der Waals surface area (Å²) in [7, 11) is 1.73. The van der Waals surface area contributed by atoms with Gasteiger partial charge in [-0.05, 0) is 36.7 Å². The summed E-state index contributed by atoms with van der Waals surface area (Å²) in [6.07, 6.45) is 2.98. The SMILES string of the molecule is CNC(CCSc1nnnn1C1CC1)C(N)=O. The second-order valence-electron chi connectivity index (χ2n) is 4.02. The molecule has 1 amide bonds. The smallest absolute Gasteiger partial charge is 0.234 e. The number of thioether (sulfide) groups is 1. The number of likely N-dealkylation sites (N-methyl/N-ethyl adjacent to an activating group) is 1. The summed E-state index contributed by atoms with van der Waals surface area (Å²) >= 11 is 1.56. The Morgan fingerprint density at radius 2 is 2.47 bits per heavy atom. The molecule has 1 fully saturated rings. The average molecular weight is 256 g/mol. The number of hydrogen-bond acceptors (Lipinski definition) is 6. The molecule has 7 nitrogen and oxygen atoms in total. The minimum atomic E-state index is -0.324. The summed E-state index contributed by atoms with van der Waals surface area (Å²) in [6, 6.07) is 0.191. The molecule has 1 heterocycles. The number of tetrazole rings is 1. The van der Waals surface area contributed by atoms with Gasteiger partial charge in [-0.1, -0.05) is 11.8 Å². The van der Waals surface area contributed by atoms with Crippen molar-refractivity contribution in [3.63, 3.8) is 0 Å². The highest BCUT2D eigenvalue weighted by Crippen LogP contribution is 2.36. The van der Waals surface area contributed by atoms with E-state index in [9.17, 15) is 4.79 Å². The zero-order valence-corrected chi connectivity index (χ0v) is 10.5. The molecule has 1 aliphatic carbocycles. The van der Waals surface area contributed by atoms with Gasteiger partial charge in [-0.15, -0.1) is 5.10 Å². The highest BCUT2D eigenvalue weighted by Gasteiger charge is 2.27. The van der Waals surface area contributed by atoms with Crippen molar-refractivity contribution in [1.29, 1.82) is 0 Å². The van der Waals surface area contributed by atoms with Crippen molar-refractivity contribution in [3.05, 3.63) is 0 Å². The maximum Gasteiger partial charge on any atom is 0.234 e. The Morgan fingerprint density at radius 3 is 3.06 bits per heavy atom. The van der Waals surface area contributed by atoms with E-state index in [-0.39, 0.29) is 11.9 Å². The molecule has 1 saturated carbocycles. The molecule has 8 heteroatoms. The zero-order valence-electron chi connectivity index (χ0n) is 9.67. The molecule has 0 spiro atoms.